The van der Waals surface area contributed by atoms with Crippen LogP contribution >= 0.6 is 11.3 Å². The van der Waals surface area contributed by atoms with Gasteiger partial charge in [0.25, 0.3) is 5.91 Å². The first-order valence-electron chi connectivity index (χ1n) is 10.7. The Labute approximate surface area is 181 Å². The van der Waals surface area contributed by atoms with E-state index >= 15 is 0 Å². The molecule has 1 atom stereocenters. The van der Waals surface area contributed by atoms with Crippen LogP contribution in [0, 0.1) is 5.92 Å². The summed E-state index contributed by atoms with van der Waals surface area (Å²) in [7, 11) is 1.61. The smallest absolute Gasteiger partial charge is 0.258 e. The average Bonchev–Trinajstić information content (AvgIpc) is 3.29. The summed E-state index contributed by atoms with van der Waals surface area (Å²) in [4.78, 5) is 29.3. The van der Waals surface area contributed by atoms with Crippen molar-refractivity contribution in [1.82, 2.24) is 4.90 Å². The van der Waals surface area contributed by atoms with Crippen LogP contribution in [0.4, 0.5) is 10.7 Å². The fourth-order valence-corrected chi connectivity index (χ4v) is 5.70. The molecule has 6 nitrogen and oxygen atoms in total. The Morgan fingerprint density at radius 1 is 1.17 bits per heavy atom. The Balaban J connectivity index is 1.48. The molecular formula is C23H29N3O3S. The van der Waals surface area contributed by atoms with Crippen molar-refractivity contribution in [2.45, 2.75) is 39.0 Å². The van der Waals surface area contributed by atoms with Crippen LogP contribution in [-0.2, 0) is 17.6 Å². The van der Waals surface area contributed by atoms with E-state index in [-0.39, 0.29) is 11.8 Å². The second-order valence-electron chi connectivity index (χ2n) is 8.27. The second-order valence-corrected chi connectivity index (χ2v) is 9.38. The van der Waals surface area contributed by atoms with Gasteiger partial charge < -0.3 is 15.4 Å². The number of rotatable bonds is 6. The molecule has 7 heteroatoms. The number of likely N-dealkylation sites (tertiary alicyclic amines) is 1. The molecule has 0 radical (unpaired) electrons. The zero-order valence-electron chi connectivity index (χ0n) is 17.6. The van der Waals surface area contributed by atoms with Crippen LogP contribution < -0.4 is 15.4 Å². The highest BCUT2D eigenvalue weighted by atomic mass is 32.1. The zero-order valence-corrected chi connectivity index (χ0v) is 18.4. The van der Waals surface area contributed by atoms with E-state index in [4.69, 9.17) is 4.74 Å². The number of nitrogens with one attached hydrogen (secondary N) is 2. The fourth-order valence-electron chi connectivity index (χ4n) is 4.40. The fraction of sp³-hybridized carbons (Fsp3) is 0.478. The van der Waals surface area contributed by atoms with Crippen molar-refractivity contribution in [2.75, 3.05) is 37.4 Å². The monoisotopic (exact) mass is 427 g/mol. The first-order valence-corrected chi connectivity index (χ1v) is 11.5. The van der Waals surface area contributed by atoms with Gasteiger partial charge in [-0.3, -0.25) is 14.5 Å². The minimum atomic E-state index is -0.165. The largest absolute Gasteiger partial charge is 0.497 e. The van der Waals surface area contributed by atoms with Crippen molar-refractivity contribution >= 4 is 33.8 Å². The lowest BCUT2D eigenvalue weighted by atomic mass is 10.0. The van der Waals surface area contributed by atoms with E-state index in [2.05, 4.69) is 22.5 Å². The first-order chi connectivity index (χ1) is 14.5. The maximum atomic E-state index is 13.1. The lowest BCUT2D eigenvalue weighted by molar-refractivity contribution is -0.117. The molecule has 160 valence electrons. The lowest BCUT2D eigenvalue weighted by Gasteiger charge is -2.30. The Morgan fingerprint density at radius 2 is 1.97 bits per heavy atom. The topological polar surface area (TPSA) is 70.7 Å². The molecule has 0 spiro atoms. The third-order valence-electron chi connectivity index (χ3n) is 5.86. The van der Waals surface area contributed by atoms with E-state index in [1.54, 1.807) is 18.4 Å². The molecule has 0 unspecified atom stereocenters. The van der Waals surface area contributed by atoms with Crippen molar-refractivity contribution in [3.05, 3.63) is 40.3 Å². The van der Waals surface area contributed by atoms with Gasteiger partial charge in [0.05, 0.1) is 19.2 Å². The number of thiophene rings is 1. The SMILES string of the molecule is COc1ccc(NC(=O)c2c(NC(=O)CN3CCC[C@@H](C)C3)sc3c2CCC3)cc1. The number of benzene rings is 1. The van der Waals surface area contributed by atoms with E-state index < -0.39 is 0 Å². The van der Waals surface area contributed by atoms with Gasteiger partial charge in [-0.15, -0.1) is 11.3 Å². The molecule has 1 aliphatic heterocycles. The minimum Gasteiger partial charge on any atom is -0.497 e. The number of hydrogen-bond donors (Lipinski definition) is 2. The number of nitrogens with zero attached hydrogens (tertiary/aromatic N) is 1. The van der Waals surface area contributed by atoms with Crippen LogP contribution in [0.1, 0.15) is 47.0 Å². The average molecular weight is 428 g/mol. The molecule has 1 fully saturated rings. The quantitative estimate of drug-likeness (QED) is 0.726. The van der Waals surface area contributed by atoms with Gasteiger partial charge in [-0.25, -0.2) is 0 Å². The maximum absolute atomic E-state index is 13.1. The first kappa shape index (κ1) is 20.9. The highest BCUT2D eigenvalue weighted by Gasteiger charge is 2.28. The van der Waals surface area contributed by atoms with Gasteiger partial charge >= 0.3 is 0 Å². The van der Waals surface area contributed by atoms with Crippen molar-refractivity contribution in [2.24, 2.45) is 5.92 Å². The van der Waals surface area contributed by atoms with Crippen molar-refractivity contribution in [1.29, 1.82) is 0 Å². The van der Waals surface area contributed by atoms with E-state index in [1.165, 1.54) is 11.3 Å². The molecule has 0 saturated carbocycles. The van der Waals surface area contributed by atoms with E-state index in [1.807, 2.05) is 24.3 Å². The number of amides is 2. The number of piperidine rings is 1. The normalized spacial score (nSPS) is 18.7. The summed E-state index contributed by atoms with van der Waals surface area (Å²) >= 11 is 1.55. The van der Waals surface area contributed by atoms with Gasteiger partial charge in [-0.05, 0) is 74.4 Å². The number of hydrogen-bond acceptors (Lipinski definition) is 5. The molecule has 2 aromatic rings. The maximum Gasteiger partial charge on any atom is 0.258 e. The summed E-state index contributed by atoms with van der Waals surface area (Å²) in [5, 5.41) is 6.70. The molecule has 1 aromatic carbocycles. The second kappa shape index (κ2) is 9.18. The van der Waals surface area contributed by atoms with E-state index in [0.29, 0.717) is 28.7 Å². The van der Waals surface area contributed by atoms with Crippen molar-refractivity contribution in [3.63, 3.8) is 0 Å². The predicted molar refractivity (Wildman–Crippen MR) is 121 cm³/mol. The molecule has 4 rings (SSSR count). The van der Waals surface area contributed by atoms with Crippen LogP contribution in [-0.4, -0.2) is 43.5 Å². The van der Waals surface area contributed by atoms with Gasteiger partial charge in [-0.2, -0.15) is 0 Å². The molecule has 2 N–H and O–H groups in total. The minimum absolute atomic E-state index is 0.0393. The highest BCUT2D eigenvalue weighted by molar-refractivity contribution is 7.17. The molecule has 1 saturated heterocycles. The number of aryl methyl sites for hydroxylation is 1. The van der Waals surface area contributed by atoms with Gasteiger partial charge in [0, 0.05) is 17.1 Å². The third-order valence-corrected chi connectivity index (χ3v) is 7.06. The summed E-state index contributed by atoms with van der Waals surface area (Å²) in [5.41, 5.74) is 2.43. The van der Waals surface area contributed by atoms with Crippen LogP contribution in [0.2, 0.25) is 0 Å². The number of ether oxygens (including phenoxy) is 1. The van der Waals surface area contributed by atoms with E-state index in [9.17, 15) is 9.59 Å². The van der Waals surface area contributed by atoms with E-state index in [0.717, 1.165) is 50.1 Å². The summed E-state index contributed by atoms with van der Waals surface area (Å²) in [6.45, 7) is 4.53. The molecule has 0 bridgehead atoms. The molecule has 2 aliphatic rings. The Morgan fingerprint density at radius 3 is 2.70 bits per heavy atom. The summed E-state index contributed by atoms with van der Waals surface area (Å²) < 4.78 is 5.18. The summed E-state index contributed by atoms with van der Waals surface area (Å²) in [5.74, 6) is 1.16. The van der Waals surface area contributed by atoms with Gasteiger partial charge in [-0.1, -0.05) is 6.92 Å². The molecule has 1 aliphatic carbocycles. The summed E-state index contributed by atoms with van der Waals surface area (Å²) in [6, 6.07) is 7.27. The van der Waals surface area contributed by atoms with Gasteiger partial charge in [0.1, 0.15) is 10.8 Å². The molecular weight excluding hydrogens is 398 g/mol. The number of fused-ring (bicyclic) bond motifs is 1. The van der Waals surface area contributed by atoms with Crippen LogP contribution in [0.25, 0.3) is 0 Å². The van der Waals surface area contributed by atoms with Crippen molar-refractivity contribution < 1.29 is 14.3 Å². The van der Waals surface area contributed by atoms with Crippen molar-refractivity contribution in [3.8, 4) is 5.75 Å². The third kappa shape index (κ3) is 4.68. The Kier molecular flexibility index (Phi) is 6.39. The zero-order chi connectivity index (χ0) is 21.1. The summed E-state index contributed by atoms with van der Waals surface area (Å²) in [6.07, 6.45) is 5.28. The number of carbonyl (C=O) groups excluding carboxylic acids is 2. The lowest BCUT2D eigenvalue weighted by Crippen LogP contribution is -2.39. The Hall–Kier alpha value is -2.38. The predicted octanol–water partition coefficient (Wildman–Crippen LogP) is 4.17. The molecule has 2 amide bonds. The number of anilines is 2. The highest BCUT2D eigenvalue weighted by Crippen LogP contribution is 2.39. The van der Waals surface area contributed by atoms with Gasteiger partial charge in [0.2, 0.25) is 5.91 Å². The van der Waals surface area contributed by atoms with Crippen LogP contribution in [0.15, 0.2) is 24.3 Å². The molecule has 30 heavy (non-hydrogen) atoms. The van der Waals surface area contributed by atoms with Crippen LogP contribution in [0.5, 0.6) is 5.75 Å². The number of methoxy groups -OCH3 is 1. The standard InChI is InChI=1S/C23H29N3O3S/c1-15-5-4-12-26(13-15)14-20(27)25-23-21(18-6-3-7-19(18)30-23)22(28)24-16-8-10-17(29-2)11-9-16/h8-11,15H,3-7,12-14H2,1-2H3,(H,24,28)(H,25,27)/t15-/m1/s1. The molecule has 2 heterocycles. The van der Waals surface area contributed by atoms with Gasteiger partial charge in [0.15, 0.2) is 0 Å². The van der Waals surface area contributed by atoms with Crippen LogP contribution in [0.3, 0.4) is 0 Å². The number of carbonyl (C=O) groups is 2. The molecule has 1 aromatic heterocycles. The Bertz CT molecular complexity index is 923.